The summed E-state index contributed by atoms with van der Waals surface area (Å²) in [7, 11) is 0. The first-order valence-corrected chi connectivity index (χ1v) is 9.89. The lowest BCUT2D eigenvalue weighted by Crippen LogP contribution is -2.60. The molecule has 0 amide bonds. The van der Waals surface area contributed by atoms with Crippen LogP contribution in [0.2, 0.25) is 0 Å². The number of alkyl halides is 3. The number of aliphatic carboxylic acids is 1. The lowest BCUT2D eigenvalue weighted by atomic mass is 9.66. The molecule has 31 heavy (non-hydrogen) atoms. The molecular weight excluding hydrogens is 413 g/mol. The number of halogens is 3. The molecule has 2 atom stereocenters. The summed E-state index contributed by atoms with van der Waals surface area (Å²) in [5.74, 6) is -2.85. The monoisotopic (exact) mass is 434 g/mol. The molecule has 0 aromatic heterocycles. The minimum absolute atomic E-state index is 0.0467. The number of carbonyl (C=O) groups is 2. The first kappa shape index (κ1) is 21.3. The zero-order valence-electron chi connectivity index (χ0n) is 16.9. The molecular formula is C22H21F3N2O4. The molecule has 2 N–H and O–H groups in total. The highest BCUT2D eigenvalue weighted by Crippen LogP contribution is 2.45. The molecule has 1 fully saturated rings. The average molecular weight is 434 g/mol. The zero-order valence-corrected chi connectivity index (χ0v) is 16.9. The summed E-state index contributed by atoms with van der Waals surface area (Å²) < 4.78 is 39.2. The number of carboxylic acid groups (broad SMARTS) is 1. The van der Waals surface area contributed by atoms with Gasteiger partial charge in [0.25, 0.3) is 0 Å². The number of nitrogens with one attached hydrogen (secondary N) is 1. The van der Waals surface area contributed by atoms with Crippen molar-refractivity contribution in [2.24, 2.45) is 22.4 Å². The van der Waals surface area contributed by atoms with Crippen molar-refractivity contribution >= 4 is 18.0 Å². The molecule has 1 saturated heterocycles. The summed E-state index contributed by atoms with van der Waals surface area (Å²) >= 11 is 0. The van der Waals surface area contributed by atoms with Crippen LogP contribution in [0.3, 0.4) is 0 Å². The maximum Gasteiger partial charge on any atom is 0.416 e. The number of nitrogens with zero attached hydrogens (tertiary/aromatic N) is 1. The lowest BCUT2D eigenvalue weighted by Gasteiger charge is -2.43. The molecule has 9 heteroatoms. The molecule has 4 rings (SSSR count). The summed E-state index contributed by atoms with van der Waals surface area (Å²) in [5, 5.41) is 16.5. The van der Waals surface area contributed by atoms with Gasteiger partial charge in [0.05, 0.1) is 17.7 Å². The number of oxime groups is 1. The van der Waals surface area contributed by atoms with Crippen LogP contribution in [0.5, 0.6) is 5.75 Å². The molecule has 1 aliphatic carbocycles. The highest BCUT2D eigenvalue weighted by atomic mass is 19.4. The summed E-state index contributed by atoms with van der Waals surface area (Å²) in [6.07, 6.45) is 0.197. The van der Waals surface area contributed by atoms with Gasteiger partial charge in [0.2, 0.25) is 0 Å². The zero-order chi connectivity index (χ0) is 22.6. The Bertz CT molecular complexity index is 1040. The topological polar surface area (TPSA) is 88.0 Å². The smallest absolute Gasteiger partial charge is 0.416 e. The summed E-state index contributed by atoms with van der Waals surface area (Å²) in [6.45, 7) is 4.12. The second kappa shape index (κ2) is 7.33. The molecule has 1 aromatic carbocycles. The number of rotatable bonds is 4. The Balaban J connectivity index is 1.73. The molecule has 164 valence electrons. The molecule has 3 aliphatic rings. The van der Waals surface area contributed by atoms with Crippen molar-refractivity contribution in [1.82, 2.24) is 5.32 Å². The first-order valence-electron chi connectivity index (χ1n) is 9.89. The van der Waals surface area contributed by atoms with E-state index in [4.69, 9.17) is 4.84 Å². The SMILES string of the molecule is CC(C)C1=C(C2(C(=O)O)CNC2)C=CC(C2C=NOc3cc(C(F)(F)F)ccc32)C1=O. The van der Waals surface area contributed by atoms with E-state index in [1.54, 1.807) is 12.2 Å². The molecule has 6 nitrogen and oxygen atoms in total. The van der Waals surface area contributed by atoms with Gasteiger partial charge >= 0.3 is 12.1 Å². The molecule has 0 radical (unpaired) electrons. The molecule has 0 bridgehead atoms. The van der Waals surface area contributed by atoms with Gasteiger partial charge in [-0.25, -0.2) is 0 Å². The maximum atomic E-state index is 13.5. The van der Waals surface area contributed by atoms with E-state index in [-0.39, 0.29) is 30.5 Å². The Morgan fingerprint density at radius 1 is 1.29 bits per heavy atom. The van der Waals surface area contributed by atoms with Crippen molar-refractivity contribution in [3.05, 3.63) is 52.6 Å². The van der Waals surface area contributed by atoms with Crippen LogP contribution in [0.1, 0.15) is 30.9 Å². The van der Waals surface area contributed by atoms with Crippen molar-refractivity contribution < 1.29 is 32.7 Å². The van der Waals surface area contributed by atoms with Gasteiger partial charge in [-0.3, -0.25) is 9.59 Å². The first-order chi connectivity index (χ1) is 14.6. The van der Waals surface area contributed by atoms with Crippen LogP contribution in [0.4, 0.5) is 13.2 Å². The predicted octanol–water partition coefficient (Wildman–Crippen LogP) is 3.55. The summed E-state index contributed by atoms with van der Waals surface area (Å²) in [4.78, 5) is 30.6. The van der Waals surface area contributed by atoms with Crippen LogP contribution in [-0.2, 0) is 15.8 Å². The number of ketones is 1. The van der Waals surface area contributed by atoms with Gasteiger partial charge in [0.1, 0.15) is 5.41 Å². The molecule has 2 heterocycles. The number of benzene rings is 1. The molecule has 2 unspecified atom stereocenters. The van der Waals surface area contributed by atoms with Gasteiger partial charge in [-0.1, -0.05) is 37.2 Å². The Morgan fingerprint density at radius 3 is 2.55 bits per heavy atom. The van der Waals surface area contributed by atoms with Gasteiger partial charge in [0, 0.05) is 30.1 Å². The fourth-order valence-electron chi connectivity index (χ4n) is 4.40. The van der Waals surface area contributed by atoms with Crippen molar-refractivity contribution in [2.75, 3.05) is 13.1 Å². The molecule has 2 aliphatic heterocycles. The molecule has 1 aromatic rings. The fourth-order valence-corrected chi connectivity index (χ4v) is 4.40. The van der Waals surface area contributed by atoms with E-state index in [2.05, 4.69) is 10.5 Å². The quantitative estimate of drug-likeness (QED) is 0.757. The minimum atomic E-state index is -4.53. The largest absolute Gasteiger partial charge is 0.481 e. The number of hydrogen-bond donors (Lipinski definition) is 2. The van der Waals surface area contributed by atoms with Crippen molar-refractivity contribution in [3.63, 3.8) is 0 Å². The predicted molar refractivity (Wildman–Crippen MR) is 106 cm³/mol. The number of Topliss-reactive ketones (excluding diaryl/α,β-unsaturated/α-hetero) is 1. The highest BCUT2D eigenvalue weighted by molar-refractivity contribution is 6.05. The van der Waals surface area contributed by atoms with Gasteiger partial charge in [-0.2, -0.15) is 13.2 Å². The van der Waals surface area contributed by atoms with Gasteiger partial charge < -0.3 is 15.3 Å². The van der Waals surface area contributed by atoms with Crippen molar-refractivity contribution in [1.29, 1.82) is 0 Å². The van der Waals surface area contributed by atoms with Gasteiger partial charge in [-0.05, 0) is 23.6 Å². The van der Waals surface area contributed by atoms with Crippen LogP contribution in [0.25, 0.3) is 0 Å². The van der Waals surface area contributed by atoms with E-state index >= 15 is 0 Å². The second-order valence-corrected chi connectivity index (χ2v) is 8.34. The van der Waals surface area contributed by atoms with Crippen molar-refractivity contribution in [3.8, 4) is 5.75 Å². The number of fused-ring (bicyclic) bond motifs is 1. The molecule has 0 saturated carbocycles. The number of hydrogen-bond acceptors (Lipinski definition) is 5. The number of carbonyl (C=O) groups excluding carboxylic acids is 1. The average Bonchev–Trinajstić information content (AvgIpc) is 2.65. The number of carboxylic acids is 1. The standard InChI is InChI=1S/C22H21F3N2O4/c1-11(2)18-16(21(20(29)30)9-26-10-21)6-5-14(19(18)28)15-8-27-31-17-7-12(22(23,24)25)3-4-13(15)17/h3-8,11,14-15,26H,9-10H2,1-2H3,(H,29,30). The number of allylic oxidation sites excluding steroid dienone is 3. The lowest BCUT2D eigenvalue weighted by molar-refractivity contribution is -0.149. The Morgan fingerprint density at radius 2 is 2.00 bits per heavy atom. The van der Waals surface area contributed by atoms with Crippen molar-refractivity contribution in [2.45, 2.75) is 25.9 Å². The maximum absolute atomic E-state index is 13.5. The van der Waals surface area contributed by atoms with Gasteiger partial charge in [-0.15, -0.1) is 0 Å². The van der Waals surface area contributed by atoms with Crippen LogP contribution in [0, 0.1) is 17.3 Å². The van der Waals surface area contributed by atoms with Crippen LogP contribution >= 0.6 is 0 Å². The third kappa shape index (κ3) is 3.37. The summed E-state index contributed by atoms with van der Waals surface area (Å²) in [5.41, 5.74) is -0.661. The van der Waals surface area contributed by atoms with Crippen LogP contribution in [0.15, 0.2) is 46.7 Å². The van der Waals surface area contributed by atoms with E-state index in [0.29, 0.717) is 16.7 Å². The van der Waals surface area contributed by atoms with E-state index < -0.39 is 35.0 Å². The fraction of sp³-hybridized carbons (Fsp3) is 0.409. The Labute approximate surface area is 176 Å². The third-order valence-corrected chi connectivity index (χ3v) is 6.14. The highest BCUT2D eigenvalue weighted by Gasteiger charge is 2.51. The van der Waals surface area contributed by atoms with Crippen LogP contribution in [-0.4, -0.2) is 36.2 Å². The van der Waals surface area contributed by atoms with Crippen LogP contribution < -0.4 is 10.2 Å². The van der Waals surface area contributed by atoms with E-state index in [0.717, 1.165) is 12.1 Å². The van der Waals surface area contributed by atoms with E-state index in [1.165, 1.54) is 12.3 Å². The Kier molecular flexibility index (Phi) is 5.04. The normalized spacial score (nSPS) is 24.6. The Hall–Kier alpha value is -2.94. The third-order valence-electron chi connectivity index (χ3n) is 6.14. The minimum Gasteiger partial charge on any atom is -0.481 e. The van der Waals surface area contributed by atoms with Gasteiger partial charge in [0.15, 0.2) is 11.5 Å². The molecule has 0 spiro atoms. The second-order valence-electron chi connectivity index (χ2n) is 8.34. The van der Waals surface area contributed by atoms with E-state index in [9.17, 15) is 27.9 Å². The summed E-state index contributed by atoms with van der Waals surface area (Å²) in [6, 6.07) is 3.13. The van der Waals surface area contributed by atoms with E-state index in [1.807, 2.05) is 13.8 Å².